The van der Waals surface area contributed by atoms with Crippen LogP contribution in [0.5, 0.6) is 5.75 Å². The van der Waals surface area contributed by atoms with Gasteiger partial charge in [0.05, 0.1) is 5.69 Å². The van der Waals surface area contributed by atoms with Crippen LogP contribution < -0.4 is 15.4 Å². The van der Waals surface area contributed by atoms with E-state index in [0.717, 1.165) is 5.56 Å². The first kappa shape index (κ1) is 22.0. The number of carbonyl (C=O) groups is 4. The number of hydrogen-bond donors (Lipinski definition) is 2. The second-order valence-electron chi connectivity index (χ2n) is 7.64. The van der Waals surface area contributed by atoms with Crippen LogP contribution in [0.1, 0.15) is 40.1 Å². The Bertz CT molecular complexity index is 1010. The molecule has 8 nitrogen and oxygen atoms in total. The zero-order chi connectivity index (χ0) is 22.5. The molecule has 0 radical (unpaired) electrons. The second kappa shape index (κ2) is 9.42. The maximum absolute atomic E-state index is 12.6. The molecule has 162 valence electrons. The number of carbonyl (C=O) groups excluding carboxylic acids is 4. The normalized spacial score (nSPS) is 13.5. The lowest BCUT2D eigenvalue weighted by Gasteiger charge is -2.21. The summed E-state index contributed by atoms with van der Waals surface area (Å²) in [5.74, 6) is -1.62. The Morgan fingerprint density at radius 1 is 1.10 bits per heavy atom. The Kier molecular flexibility index (Phi) is 6.69. The highest BCUT2D eigenvalue weighted by Crippen LogP contribution is 2.28. The molecule has 1 atom stereocenters. The number of ether oxygens (including phenoxy) is 2. The van der Waals surface area contributed by atoms with E-state index in [1.807, 2.05) is 19.1 Å². The standard InChI is InChI=1S/C23H24N2O6/c1-13(2)21(25-22(28)15-6-4-14(3)5-7-15)23(29)31-11-18(26)16-8-9-19-17(10-16)24-20(27)12-30-19/h4-10,13,21H,11-12H2,1-3H3,(H,24,27)(H,25,28)/t21-/m0/s1. The lowest BCUT2D eigenvalue weighted by atomic mass is 10.0. The number of benzene rings is 2. The predicted molar refractivity (Wildman–Crippen MR) is 113 cm³/mol. The maximum atomic E-state index is 12.6. The molecule has 0 fully saturated rings. The van der Waals surface area contributed by atoms with Crippen LogP contribution in [0.3, 0.4) is 0 Å². The molecule has 1 heterocycles. The van der Waals surface area contributed by atoms with Crippen molar-refractivity contribution in [2.75, 3.05) is 18.5 Å². The van der Waals surface area contributed by atoms with Gasteiger partial charge in [-0.3, -0.25) is 14.4 Å². The van der Waals surface area contributed by atoms with Gasteiger partial charge in [0.25, 0.3) is 11.8 Å². The molecular formula is C23H24N2O6. The first-order valence-electron chi connectivity index (χ1n) is 9.88. The average Bonchev–Trinajstić information content (AvgIpc) is 2.75. The summed E-state index contributed by atoms with van der Waals surface area (Å²) in [6.07, 6.45) is 0. The fraction of sp³-hybridized carbons (Fsp3) is 0.304. The predicted octanol–water partition coefficient (Wildman–Crippen LogP) is 2.51. The summed E-state index contributed by atoms with van der Waals surface area (Å²) in [5.41, 5.74) is 2.10. The molecule has 31 heavy (non-hydrogen) atoms. The molecule has 1 aliphatic heterocycles. The molecule has 0 aromatic heterocycles. The Balaban J connectivity index is 1.61. The van der Waals surface area contributed by atoms with Crippen LogP contribution in [0.15, 0.2) is 42.5 Å². The van der Waals surface area contributed by atoms with Crippen molar-refractivity contribution in [3.63, 3.8) is 0 Å². The number of nitrogens with one attached hydrogen (secondary N) is 2. The summed E-state index contributed by atoms with van der Waals surface area (Å²) in [4.78, 5) is 48.9. The van der Waals surface area contributed by atoms with Crippen LogP contribution in [-0.4, -0.2) is 42.8 Å². The van der Waals surface area contributed by atoms with Gasteiger partial charge in [-0.25, -0.2) is 4.79 Å². The van der Waals surface area contributed by atoms with Crippen molar-refractivity contribution in [3.8, 4) is 5.75 Å². The van der Waals surface area contributed by atoms with E-state index < -0.39 is 30.3 Å². The third kappa shape index (κ3) is 5.48. The minimum absolute atomic E-state index is 0.0806. The minimum atomic E-state index is -0.905. The summed E-state index contributed by atoms with van der Waals surface area (Å²) in [7, 11) is 0. The molecule has 2 amide bonds. The van der Waals surface area contributed by atoms with Gasteiger partial charge < -0.3 is 20.1 Å². The first-order chi connectivity index (χ1) is 14.7. The molecule has 0 spiro atoms. The molecule has 0 saturated carbocycles. The summed E-state index contributed by atoms with van der Waals surface area (Å²) in [5, 5.41) is 5.29. The SMILES string of the molecule is Cc1ccc(C(=O)N[C@H](C(=O)OCC(=O)c2ccc3c(c2)NC(=O)CO3)C(C)C)cc1. The number of Topliss-reactive ketones (excluding diaryl/α,β-unsaturated/α-hetero) is 1. The molecule has 0 unspecified atom stereocenters. The lowest BCUT2D eigenvalue weighted by Crippen LogP contribution is -2.45. The summed E-state index contributed by atoms with van der Waals surface area (Å²) >= 11 is 0. The first-order valence-corrected chi connectivity index (χ1v) is 9.88. The fourth-order valence-corrected chi connectivity index (χ4v) is 2.99. The van der Waals surface area contributed by atoms with E-state index in [9.17, 15) is 19.2 Å². The molecule has 3 rings (SSSR count). The fourth-order valence-electron chi connectivity index (χ4n) is 2.99. The Morgan fingerprint density at radius 2 is 1.77 bits per heavy atom. The third-order valence-electron chi connectivity index (χ3n) is 4.80. The summed E-state index contributed by atoms with van der Waals surface area (Å²) < 4.78 is 10.4. The molecule has 0 bridgehead atoms. The van der Waals surface area contributed by atoms with E-state index in [2.05, 4.69) is 10.6 Å². The van der Waals surface area contributed by atoms with Crippen molar-refractivity contribution in [2.45, 2.75) is 26.8 Å². The molecule has 8 heteroatoms. The van der Waals surface area contributed by atoms with Crippen LogP contribution >= 0.6 is 0 Å². The van der Waals surface area contributed by atoms with E-state index in [4.69, 9.17) is 9.47 Å². The van der Waals surface area contributed by atoms with E-state index >= 15 is 0 Å². The van der Waals surface area contributed by atoms with Crippen LogP contribution in [0.25, 0.3) is 0 Å². The maximum Gasteiger partial charge on any atom is 0.329 e. The minimum Gasteiger partial charge on any atom is -0.482 e. The van der Waals surface area contributed by atoms with Crippen molar-refractivity contribution in [1.29, 1.82) is 0 Å². The lowest BCUT2D eigenvalue weighted by molar-refractivity contribution is -0.146. The second-order valence-corrected chi connectivity index (χ2v) is 7.64. The van der Waals surface area contributed by atoms with Gasteiger partial charge in [-0.1, -0.05) is 31.5 Å². The summed E-state index contributed by atoms with van der Waals surface area (Å²) in [6.45, 7) is 4.89. The number of aryl methyl sites for hydroxylation is 1. The number of rotatable bonds is 7. The quantitative estimate of drug-likeness (QED) is 0.522. The molecule has 2 aromatic carbocycles. The van der Waals surface area contributed by atoms with Crippen molar-refractivity contribution in [1.82, 2.24) is 5.32 Å². The number of fused-ring (bicyclic) bond motifs is 1. The third-order valence-corrected chi connectivity index (χ3v) is 4.80. The molecule has 1 aliphatic rings. The zero-order valence-corrected chi connectivity index (χ0v) is 17.6. The van der Waals surface area contributed by atoms with Gasteiger partial charge in [-0.05, 0) is 43.2 Å². The van der Waals surface area contributed by atoms with Gasteiger partial charge in [-0.2, -0.15) is 0 Å². The van der Waals surface area contributed by atoms with E-state index in [1.165, 1.54) is 12.1 Å². The number of anilines is 1. The van der Waals surface area contributed by atoms with Gasteiger partial charge in [0.15, 0.2) is 19.0 Å². The molecule has 2 aromatic rings. The van der Waals surface area contributed by atoms with Crippen molar-refractivity contribution in [3.05, 3.63) is 59.2 Å². The summed E-state index contributed by atoms with van der Waals surface area (Å²) in [6, 6.07) is 10.6. The molecule has 0 saturated heterocycles. The van der Waals surface area contributed by atoms with Gasteiger partial charge in [-0.15, -0.1) is 0 Å². The van der Waals surface area contributed by atoms with Gasteiger partial charge in [0.1, 0.15) is 11.8 Å². The number of amides is 2. The van der Waals surface area contributed by atoms with Crippen molar-refractivity contribution < 1.29 is 28.7 Å². The van der Waals surface area contributed by atoms with Gasteiger partial charge in [0, 0.05) is 11.1 Å². The molecule has 2 N–H and O–H groups in total. The largest absolute Gasteiger partial charge is 0.482 e. The van der Waals surface area contributed by atoms with Crippen LogP contribution in [-0.2, 0) is 14.3 Å². The topological polar surface area (TPSA) is 111 Å². The highest BCUT2D eigenvalue weighted by atomic mass is 16.5. The van der Waals surface area contributed by atoms with Crippen LogP contribution in [0.2, 0.25) is 0 Å². The van der Waals surface area contributed by atoms with Crippen LogP contribution in [0.4, 0.5) is 5.69 Å². The van der Waals surface area contributed by atoms with Crippen LogP contribution in [0, 0.1) is 12.8 Å². The Hall–Kier alpha value is -3.68. The van der Waals surface area contributed by atoms with E-state index in [1.54, 1.807) is 32.0 Å². The molecule has 0 aliphatic carbocycles. The van der Waals surface area contributed by atoms with E-state index in [-0.39, 0.29) is 24.0 Å². The highest BCUT2D eigenvalue weighted by Gasteiger charge is 2.27. The Morgan fingerprint density at radius 3 is 2.45 bits per heavy atom. The van der Waals surface area contributed by atoms with Gasteiger partial charge >= 0.3 is 5.97 Å². The zero-order valence-electron chi connectivity index (χ0n) is 17.6. The number of ketones is 1. The average molecular weight is 424 g/mol. The van der Waals surface area contributed by atoms with Crippen molar-refractivity contribution >= 4 is 29.3 Å². The smallest absolute Gasteiger partial charge is 0.329 e. The van der Waals surface area contributed by atoms with Crippen molar-refractivity contribution in [2.24, 2.45) is 5.92 Å². The molecular weight excluding hydrogens is 400 g/mol. The number of hydrogen-bond acceptors (Lipinski definition) is 6. The van der Waals surface area contributed by atoms with E-state index in [0.29, 0.717) is 17.0 Å². The van der Waals surface area contributed by atoms with Gasteiger partial charge in [0.2, 0.25) is 0 Å². The highest BCUT2D eigenvalue weighted by molar-refractivity contribution is 6.02. The Labute approximate surface area is 179 Å². The number of esters is 1. The monoisotopic (exact) mass is 424 g/mol.